The molecule has 0 saturated carbocycles. The Labute approximate surface area is 123 Å². The highest BCUT2D eigenvalue weighted by Crippen LogP contribution is 2.22. The lowest BCUT2D eigenvalue weighted by molar-refractivity contribution is 0.0993. The molecule has 2 rings (SSSR count). The summed E-state index contributed by atoms with van der Waals surface area (Å²) in [5.41, 5.74) is 4.43. The molecule has 0 unspecified atom stereocenters. The van der Waals surface area contributed by atoms with Crippen LogP contribution in [0.1, 0.15) is 16.1 Å². The molecule has 6 heteroatoms. The first kappa shape index (κ1) is 14.8. The number of nitrogen functional groups attached to an aromatic ring is 1. The number of carbonyl (C=O) groups is 1. The number of methoxy groups -OCH3 is 1. The second kappa shape index (κ2) is 6.23. The van der Waals surface area contributed by atoms with E-state index < -0.39 is 0 Å². The first-order valence-corrected chi connectivity index (χ1v) is 6.42. The third-order valence-corrected chi connectivity index (χ3v) is 3.09. The summed E-state index contributed by atoms with van der Waals surface area (Å²) in [6.45, 7) is 1.81. The third kappa shape index (κ3) is 3.29. The average molecular weight is 286 g/mol. The number of aromatic nitrogens is 1. The highest BCUT2D eigenvalue weighted by molar-refractivity contribution is 6.06. The Kier molecular flexibility index (Phi) is 4.39. The van der Waals surface area contributed by atoms with Gasteiger partial charge in [0, 0.05) is 30.1 Å². The van der Waals surface area contributed by atoms with Crippen molar-refractivity contribution in [3.05, 3.63) is 47.7 Å². The molecule has 0 aliphatic heterocycles. The molecular weight excluding hydrogens is 268 g/mol. The first-order valence-electron chi connectivity index (χ1n) is 6.42. The fraction of sp³-hybridized carbons (Fsp3) is 0.200. The zero-order valence-corrected chi connectivity index (χ0v) is 12.3. The number of aryl methyl sites for hydroxylation is 1. The topological polar surface area (TPSA) is 80.5 Å². The van der Waals surface area contributed by atoms with Crippen molar-refractivity contribution in [2.75, 3.05) is 24.5 Å². The summed E-state index contributed by atoms with van der Waals surface area (Å²) >= 11 is 0. The van der Waals surface area contributed by atoms with Crippen molar-refractivity contribution < 1.29 is 9.53 Å². The number of ether oxygens (including phenoxy) is 1. The number of nitrogens with two attached hydrogens (primary N) is 1. The van der Waals surface area contributed by atoms with Crippen LogP contribution in [0.4, 0.5) is 11.5 Å². The molecule has 1 heterocycles. The minimum atomic E-state index is -0.148. The Hall–Kier alpha value is -2.60. The van der Waals surface area contributed by atoms with Crippen molar-refractivity contribution in [2.45, 2.75) is 6.92 Å². The largest absolute Gasteiger partial charge is 0.497 e. The number of anilines is 2. The van der Waals surface area contributed by atoms with Gasteiger partial charge in [-0.1, -0.05) is 6.07 Å². The molecule has 0 bridgehead atoms. The van der Waals surface area contributed by atoms with Crippen LogP contribution < -0.4 is 20.9 Å². The lowest BCUT2D eigenvalue weighted by Gasteiger charge is -2.18. The van der Waals surface area contributed by atoms with Crippen LogP contribution in [0.25, 0.3) is 0 Å². The van der Waals surface area contributed by atoms with Crippen LogP contribution in [0.5, 0.6) is 5.75 Å². The summed E-state index contributed by atoms with van der Waals surface area (Å²) < 4.78 is 5.17. The van der Waals surface area contributed by atoms with Crippen LogP contribution in [0, 0.1) is 6.92 Å². The van der Waals surface area contributed by atoms with Crippen molar-refractivity contribution in [2.24, 2.45) is 5.84 Å². The summed E-state index contributed by atoms with van der Waals surface area (Å²) in [4.78, 5) is 18.3. The second-order valence-corrected chi connectivity index (χ2v) is 4.59. The van der Waals surface area contributed by atoms with Gasteiger partial charge in [-0.2, -0.15) is 0 Å². The van der Waals surface area contributed by atoms with Crippen molar-refractivity contribution >= 4 is 17.4 Å². The molecule has 0 atom stereocenters. The summed E-state index contributed by atoms with van der Waals surface area (Å²) in [7, 11) is 3.30. The maximum absolute atomic E-state index is 12.6. The van der Waals surface area contributed by atoms with Gasteiger partial charge in [0.15, 0.2) is 0 Å². The van der Waals surface area contributed by atoms with Crippen LogP contribution in [-0.4, -0.2) is 25.0 Å². The molecule has 1 aromatic heterocycles. The van der Waals surface area contributed by atoms with E-state index in [-0.39, 0.29) is 5.91 Å². The van der Waals surface area contributed by atoms with Gasteiger partial charge in [0.1, 0.15) is 11.6 Å². The smallest absolute Gasteiger partial charge is 0.258 e. The van der Waals surface area contributed by atoms with Gasteiger partial charge in [-0.25, -0.2) is 10.8 Å². The van der Waals surface area contributed by atoms with Crippen molar-refractivity contribution in [1.82, 2.24) is 4.98 Å². The minimum absolute atomic E-state index is 0.148. The summed E-state index contributed by atoms with van der Waals surface area (Å²) in [6, 6.07) is 10.6. The summed E-state index contributed by atoms with van der Waals surface area (Å²) in [5.74, 6) is 6.36. The zero-order chi connectivity index (χ0) is 15.4. The van der Waals surface area contributed by atoms with Gasteiger partial charge in [-0.3, -0.25) is 4.79 Å². The number of carbonyl (C=O) groups excluding carboxylic acids is 1. The van der Waals surface area contributed by atoms with Crippen molar-refractivity contribution in [3.8, 4) is 5.75 Å². The molecule has 0 spiro atoms. The Morgan fingerprint density at radius 2 is 2.10 bits per heavy atom. The highest BCUT2D eigenvalue weighted by atomic mass is 16.5. The number of hydrazine groups is 1. The fourth-order valence-electron chi connectivity index (χ4n) is 2.00. The predicted octanol–water partition coefficient (Wildman–Crippen LogP) is 1.96. The molecule has 6 nitrogen and oxygen atoms in total. The van der Waals surface area contributed by atoms with Gasteiger partial charge in [0.05, 0.1) is 7.11 Å². The predicted molar refractivity (Wildman–Crippen MR) is 82.5 cm³/mol. The van der Waals surface area contributed by atoms with E-state index in [0.29, 0.717) is 22.8 Å². The number of rotatable bonds is 4. The van der Waals surface area contributed by atoms with Crippen molar-refractivity contribution in [1.29, 1.82) is 0 Å². The summed E-state index contributed by atoms with van der Waals surface area (Å²) in [6.07, 6.45) is 0. The average Bonchev–Trinajstić information content (AvgIpc) is 2.52. The van der Waals surface area contributed by atoms with Crippen molar-refractivity contribution in [3.63, 3.8) is 0 Å². The molecule has 3 N–H and O–H groups in total. The number of hydrogen-bond donors (Lipinski definition) is 2. The Morgan fingerprint density at radius 3 is 2.76 bits per heavy atom. The van der Waals surface area contributed by atoms with E-state index in [1.54, 1.807) is 37.3 Å². The Bertz CT molecular complexity index is 658. The van der Waals surface area contributed by atoms with E-state index in [4.69, 9.17) is 10.6 Å². The Morgan fingerprint density at radius 1 is 1.33 bits per heavy atom. The number of nitrogens with zero attached hydrogens (tertiary/aromatic N) is 2. The SMILES string of the molecule is COc1cccc(N(C)C(=O)c2cc(C)nc(NN)c2)c1. The normalized spacial score (nSPS) is 10.1. The van der Waals surface area contributed by atoms with Gasteiger partial charge in [0.25, 0.3) is 5.91 Å². The molecule has 0 fully saturated rings. The maximum atomic E-state index is 12.6. The number of amides is 1. The lowest BCUT2D eigenvalue weighted by Crippen LogP contribution is -2.26. The molecule has 1 amide bonds. The van der Waals surface area contributed by atoms with E-state index in [1.165, 1.54) is 0 Å². The maximum Gasteiger partial charge on any atom is 0.258 e. The van der Waals surface area contributed by atoms with Gasteiger partial charge >= 0.3 is 0 Å². The highest BCUT2D eigenvalue weighted by Gasteiger charge is 2.15. The third-order valence-electron chi connectivity index (χ3n) is 3.09. The van der Waals surface area contributed by atoms with E-state index in [2.05, 4.69) is 10.4 Å². The lowest BCUT2D eigenvalue weighted by atomic mass is 10.2. The second-order valence-electron chi connectivity index (χ2n) is 4.59. The van der Waals surface area contributed by atoms with Crippen LogP contribution in [0.3, 0.4) is 0 Å². The zero-order valence-electron chi connectivity index (χ0n) is 12.3. The number of nitrogens with one attached hydrogen (secondary N) is 1. The van der Waals surface area contributed by atoms with E-state index >= 15 is 0 Å². The van der Waals surface area contributed by atoms with Gasteiger partial charge < -0.3 is 15.1 Å². The number of pyridine rings is 1. The standard InChI is InChI=1S/C15H18N4O2/c1-10-7-11(8-14(17-10)18-16)15(20)19(2)12-5-4-6-13(9-12)21-3/h4-9H,16H2,1-3H3,(H,17,18). The van der Waals surface area contributed by atoms with E-state index in [9.17, 15) is 4.79 Å². The fourth-order valence-corrected chi connectivity index (χ4v) is 2.00. The van der Waals surface area contributed by atoms with Gasteiger partial charge in [-0.15, -0.1) is 0 Å². The monoisotopic (exact) mass is 286 g/mol. The minimum Gasteiger partial charge on any atom is -0.497 e. The number of benzene rings is 1. The molecule has 21 heavy (non-hydrogen) atoms. The van der Waals surface area contributed by atoms with Gasteiger partial charge in [0.2, 0.25) is 0 Å². The first-order chi connectivity index (χ1) is 10.0. The summed E-state index contributed by atoms with van der Waals surface area (Å²) in [5, 5.41) is 0. The van der Waals surface area contributed by atoms with Gasteiger partial charge in [-0.05, 0) is 31.2 Å². The quantitative estimate of drug-likeness (QED) is 0.663. The number of hydrogen-bond acceptors (Lipinski definition) is 5. The van der Waals surface area contributed by atoms with Crippen LogP contribution in [0.2, 0.25) is 0 Å². The molecule has 1 aromatic carbocycles. The Balaban J connectivity index is 2.32. The molecule has 0 aliphatic rings. The molecule has 110 valence electrons. The van der Waals surface area contributed by atoms with E-state index in [0.717, 1.165) is 5.69 Å². The van der Waals surface area contributed by atoms with Crippen LogP contribution >= 0.6 is 0 Å². The van der Waals surface area contributed by atoms with Crippen LogP contribution in [-0.2, 0) is 0 Å². The van der Waals surface area contributed by atoms with E-state index in [1.807, 2.05) is 25.1 Å². The van der Waals surface area contributed by atoms with Crippen LogP contribution in [0.15, 0.2) is 36.4 Å². The molecule has 0 aliphatic carbocycles. The molecule has 0 radical (unpaired) electrons. The molecule has 2 aromatic rings. The molecule has 0 saturated heterocycles. The molecular formula is C15H18N4O2.